The molecule has 2 aromatic heterocycles. The van der Waals surface area contributed by atoms with E-state index in [1.165, 1.54) is 0 Å². The van der Waals surface area contributed by atoms with Crippen molar-refractivity contribution in [3.05, 3.63) is 121 Å². The molecule has 0 saturated carbocycles. The molecule has 0 spiro atoms. The van der Waals surface area contributed by atoms with Crippen molar-refractivity contribution in [2.45, 2.75) is 13.1 Å². The molecule has 0 aliphatic heterocycles. The fourth-order valence-electron chi connectivity index (χ4n) is 4.50. The van der Waals surface area contributed by atoms with Crippen molar-refractivity contribution >= 4 is 22.1 Å². The van der Waals surface area contributed by atoms with Crippen LogP contribution in [-0.2, 0) is 13.1 Å². The first-order valence-corrected chi connectivity index (χ1v) is 11.5. The Morgan fingerprint density at radius 3 is 1.29 bits per heavy atom. The predicted molar refractivity (Wildman–Crippen MR) is 139 cm³/mol. The van der Waals surface area contributed by atoms with Crippen LogP contribution in [0.2, 0.25) is 0 Å². The second-order valence-electron chi connectivity index (χ2n) is 8.27. The Kier molecular flexibility index (Phi) is 5.24. The monoisotopic (exact) mass is 440 g/mol. The summed E-state index contributed by atoms with van der Waals surface area (Å²) in [7, 11) is 0. The standard InChI is InChI=1S/C30H24N4/c1-3-13-23(14-4-1)29-31-25-17-7-9-19-27(25)33(29)21-11-12-22-34-28-20-10-8-18-26(28)32-30(34)24-15-5-2-6-16-24/h1-20H,21-22H2/b12-11+. The van der Waals surface area contributed by atoms with Gasteiger partial charge in [0, 0.05) is 24.2 Å². The number of nitrogens with zero attached hydrogens (tertiary/aromatic N) is 4. The quantitative estimate of drug-likeness (QED) is 0.262. The second kappa shape index (κ2) is 8.83. The van der Waals surface area contributed by atoms with E-state index in [0.29, 0.717) is 0 Å². The van der Waals surface area contributed by atoms with Crippen LogP contribution in [-0.4, -0.2) is 19.1 Å². The fraction of sp³-hybridized carbons (Fsp3) is 0.0667. The number of aromatic nitrogens is 4. The van der Waals surface area contributed by atoms with Gasteiger partial charge < -0.3 is 9.13 Å². The first-order chi connectivity index (χ1) is 16.9. The molecule has 4 heteroatoms. The number of hydrogen-bond donors (Lipinski definition) is 0. The first kappa shape index (κ1) is 20.2. The van der Waals surface area contributed by atoms with Crippen molar-refractivity contribution in [2.75, 3.05) is 0 Å². The van der Waals surface area contributed by atoms with E-state index in [1.807, 2.05) is 24.3 Å². The molecule has 0 fully saturated rings. The Morgan fingerprint density at radius 1 is 0.471 bits per heavy atom. The Labute approximate surface area is 198 Å². The Balaban J connectivity index is 1.34. The number of rotatable bonds is 6. The maximum atomic E-state index is 4.92. The zero-order valence-corrected chi connectivity index (χ0v) is 18.8. The van der Waals surface area contributed by atoms with Gasteiger partial charge in [0.05, 0.1) is 22.1 Å². The molecule has 0 aliphatic rings. The summed E-state index contributed by atoms with van der Waals surface area (Å²) in [6.45, 7) is 1.50. The van der Waals surface area contributed by atoms with Crippen molar-refractivity contribution in [3.8, 4) is 22.8 Å². The summed E-state index contributed by atoms with van der Waals surface area (Å²) in [6, 6.07) is 37.4. The van der Waals surface area contributed by atoms with Gasteiger partial charge in [-0.1, -0.05) is 97.1 Å². The van der Waals surface area contributed by atoms with Gasteiger partial charge in [0.25, 0.3) is 0 Å². The third kappa shape index (κ3) is 3.69. The Morgan fingerprint density at radius 2 is 0.853 bits per heavy atom. The van der Waals surface area contributed by atoms with E-state index in [-0.39, 0.29) is 0 Å². The van der Waals surface area contributed by atoms with Crippen molar-refractivity contribution < 1.29 is 0 Å². The molecular weight excluding hydrogens is 416 g/mol. The number of para-hydroxylation sites is 4. The first-order valence-electron chi connectivity index (χ1n) is 11.5. The lowest BCUT2D eigenvalue weighted by Gasteiger charge is -2.08. The van der Waals surface area contributed by atoms with Crippen LogP contribution < -0.4 is 0 Å². The SMILES string of the molecule is C(=C\Cn1c(-c2ccccc2)nc2ccccc21)/Cn1c(-c2ccccc2)nc2ccccc21. The highest BCUT2D eigenvalue weighted by molar-refractivity contribution is 5.81. The number of fused-ring (bicyclic) bond motifs is 2. The zero-order valence-electron chi connectivity index (χ0n) is 18.8. The fourth-order valence-corrected chi connectivity index (χ4v) is 4.50. The van der Waals surface area contributed by atoms with Gasteiger partial charge in [-0.05, 0) is 24.3 Å². The summed E-state index contributed by atoms with van der Waals surface area (Å²) in [6.07, 6.45) is 4.45. The van der Waals surface area contributed by atoms with Crippen LogP contribution in [0.15, 0.2) is 121 Å². The highest BCUT2D eigenvalue weighted by Gasteiger charge is 2.12. The second-order valence-corrected chi connectivity index (χ2v) is 8.27. The molecule has 0 bridgehead atoms. The Bertz CT molecular complexity index is 1470. The van der Waals surface area contributed by atoms with Crippen LogP contribution in [0.3, 0.4) is 0 Å². The minimum absolute atomic E-state index is 0.748. The van der Waals surface area contributed by atoms with Crippen molar-refractivity contribution in [3.63, 3.8) is 0 Å². The molecule has 6 rings (SSSR count). The van der Waals surface area contributed by atoms with E-state index in [4.69, 9.17) is 9.97 Å². The maximum Gasteiger partial charge on any atom is 0.141 e. The third-order valence-electron chi connectivity index (χ3n) is 6.12. The molecule has 6 aromatic rings. The number of allylic oxidation sites excluding steroid dienone is 2. The van der Waals surface area contributed by atoms with E-state index in [0.717, 1.165) is 57.9 Å². The van der Waals surface area contributed by atoms with Gasteiger partial charge in [0.1, 0.15) is 11.6 Å². The smallest absolute Gasteiger partial charge is 0.141 e. The molecule has 4 aromatic carbocycles. The van der Waals surface area contributed by atoms with Gasteiger partial charge in [-0.2, -0.15) is 0 Å². The predicted octanol–water partition coefficient (Wildman–Crippen LogP) is 6.98. The number of hydrogen-bond acceptors (Lipinski definition) is 2. The lowest BCUT2D eigenvalue weighted by molar-refractivity contribution is 0.827. The minimum Gasteiger partial charge on any atom is -0.320 e. The summed E-state index contributed by atoms with van der Waals surface area (Å²) in [5, 5.41) is 0. The molecule has 0 amide bonds. The van der Waals surface area contributed by atoms with Crippen LogP contribution >= 0.6 is 0 Å². The van der Waals surface area contributed by atoms with Gasteiger partial charge >= 0.3 is 0 Å². The van der Waals surface area contributed by atoms with Crippen LogP contribution in [0.25, 0.3) is 44.8 Å². The average Bonchev–Trinajstić information content (AvgIpc) is 3.46. The van der Waals surface area contributed by atoms with Gasteiger partial charge in [0.15, 0.2) is 0 Å². The van der Waals surface area contributed by atoms with Gasteiger partial charge in [-0.15, -0.1) is 0 Å². The molecular formula is C30H24N4. The summed E-state index contributed by atoms with van der Waals surface area (Å²) >= 11 is 0. The minimum atomic E-state index is 0.748. The normalized spacial score (nSPS) is 11.6. The lowest BCUT2D eigenvalue weighted by atomic mass is 10.2. The number of benzene rings is 4. The number of imidazole rings is 2. The Hall–Kier alpha value is -4.44. The largest absolute Gasteiger partial charge is 0.320 e. The molecule has 2 heterocycles. The van der Waals surface area contributed by atoms with Crippen LogP contribution in [0.4, 0.5) is 0 Å². The topological polar surface area (TPSA) is 35.6 Å². The van der Waals surface area contributed by atoms with Gasteiger partial charge in [-0.3, -0.25) is 0 Å². The van der Waals surface area contributed by atoms with Gasteiger partial charge in [0.2, 0.25) is 0 Å². The molecule has 0 aliphatic carbocycles. The molecule has 0 atom stereocenters. The average molecular weight is 441 g/mol. The van der Waals surface area contributed by atoms with E-state index < -0.39 is 0 Å². The van der Waals surface area contributed by atoms with E-state index in [1.54, 1.807) is 0 Å². The molecule has 4 nitrogen and oxygen atoms in total. The van der Waals surface area contributed by atoms with Crippen molar-refractivity contribution in [2.24, 2.45) is 0 Å². The van der Waals surface area contributed by atoms with Crippen LogP contribution in [0.1, 0.15) is 0 Å². The van der Waals surface area contributed by atoms with Gasteiger partial charge in [-0.25, -0.2) is 9.97 Å². The maximum absolute atomic E-state index is 4.92. The summed E-state index contributed by atoms with van der Waals surface area (Å²) < 4.78 is 4.57. The summed E-state index contributed by atoms with van der Waals surface area (Å²) in [4.78, 5) is 9.84. The zero-order chi connectivity index (χ0) is 22.7. The van der Waals surface area contributed by atoms with E-state index >= 15 is 0 Å². The molecule has 0 unspecified atom stereocenters. The van der Waals surface area contributed by atoms with Crippen LogP contribution in [0.5, 0.6) is 0 Å². The lowest BCUT2D eigenvalue weighted by Crippen LogP contribution is -2.01. The molecule has 34 heavy (non-hydrogen) atoms. The summed E-state index contributed by atoms with van der Waals surface area (Å²) in [5.74, 6) is 1.98. The van der Waals surface area contributed by atoms with Crippen molar-refractivity contribution in [1.29, 1.82) is 0 Å². The molecule has 0 N–H and O–H groups in total. The van der Waals surface area contributed by atoms with Crippen LogP contribution in [0, 0.1) is 0 Å². The molecule has 0 radical (unpaired) electrons. The summed E-state index contributed by atoms with van der Waals surface area (Å²) in [5.41, 5.74) is 6.56. The third-order valence-corrected chi connectivity index (χ3v) is 6.12. The van der Waals surface area contributed by atoms with E-state index in [2.05, 4.69) is 106 Å². The molecule has 0 saturated heterocycles. The highest BCUT2D eigenvalue weighted by Crippen LogP contribution is 2.26. The highest BCUT2D eigenvalue weighted by atomic mass is 15.1. The molecule has 164 valence electrons. The van der Waals surface area contributed by atoms with E-state index in [9.17, 15) is 0 Å². The van der Waals surface area contributed by atoms with Crippen molar-refractivity contribution in [1.82, 2.24) is 19.1 Å².